The van der Waals surface area contributed by atoms with E-state index in [0.29, 0.717) is 25.8 Å². The highest BCUT2D eigenvalue weighted by molar-refractivity contribution is 5.92. The predicted octanol–water partition coefficient (Wildman–Crippen LogP) is 0.0246. The van der Waals surface area contributed by atoms with Gasteiger partial charge in [0.1, 0.15) is 6.04 Å². The van der Waals surface area contributed by atoms with Crippen molar-refractivity contribution in [2.75, 3.05) is 26.3 Å². The third-order valence-electron chi connectivity index (χ3n) is 4.87. The summed E-state index contributed by atoms with van der Waals surface area (Å²) in [6, 6.07) is -0.168. The van der Waals surface area contributed by atoms with E-state index in [0.717, 1.165) is 38.6 Å². The lowest BCUT2D eigenvalue weighted by Crippen LogP contribution is -2.63. The lowest BCUT2D eigenvalue weighted by Gasteiger charge is -2.40. The number of nitrogens with zero attached hydrogens (tertiary/aromatic N) is 1. The fraction of sp³-hybridized carbons (Fsp3) is 0.867. The molecular weight excluding hydrogens is 270 g/mol. The van der Waals surface area contributed by atoms with E-state index in [2.05, 4.69) is 10.6 Å². The van der Waals surface area contributed by atoms with Gasteiger partial charge in [-0.15, -0.1) is 0 Å². The van der Waals surface area contributed by atoms with Crippen molar-refractivity contribution in [3.63, 3.8) is 0 Å². The van der Waals surface area contributed by atoms with E-state index in [9.17, 15) is 9.59 Å². The Morgan fingerprint density at radius 2 is 2.24 bits per heavy atom. The van der Waals surface area contributed by atoms with Crippen LogP contribution in [0.15, 0.2) is 0 Å². The van der Waals surface area contributed by atoms with Gasteiger partial charge in [-0.2, -0.15) is 0 Å². The van der Waals surface area contributed by atoms with Crippen LogP contribution in [0.4, 0.5) is 0 Å². The smallest absolute Gasteiger partial charge is 0.245 e. The minimum Gasteiger partial charge on any atom is -0.377 e. The van der Waals surface area contributed by atoms with Crippen LogP contribution in [0.3, 0.4) is 0 Å². The quantitative estimate of drug-likeness (QED) is 0.767. The second-order valence-corrected chi connectivity index (χ2v) is 6.34. The summed E-state index contributed by atoms with van der Waals surface area (Å²) in [6.07, 6.45) is 4.74. The van der Waals surface area contributed by atoms with Crippen molar-refractivity contribution in [3.05, 3.63) is 0 Å². The van der Waals surface area contributed by atoms with Crippen LogP contribution in [0.1, 0.15) is 39.0 Å². The van der Waals surface area contributed by atoms with Gasteiger partial charge in [0, 0.05) is 12.6 Å². The van der Waals surface area contributed by atoms with Gasteiger partial charge in [-0.1, -0.05) is 6.92 Å². The fourth-order valence-electron chi connectivity index (χ4n) is 3.31. The van der Waals surface area contributed by atoms with E-state index in [-0.39, 0.29) is 11.8 Å². The molecule has 0 radical (unpaired) electrons. The van der Waals surface area contributed by atoms with Crippen molar-refractivity contribution in [3.8, 4) is 0 Å². The maximum absolute atomic E-state index is 13.0. The molecule has 0 aromatic carbocycles. The highest BCUT2D eigenvalue weighted by Gasteiger charge is 2.46. The highest BCUT2D eigenvalue weighted by Crippen LogP contribution is 2.27. The van der Waals surface area contributed by atoms with E-state index in [1.165, 1.54) is 0 Å². The molecule has 0 spiro atoms. The molecule has 1 saturated carbocycles. The number of carbonyl (C=O) groups excluding carboxylic acids is 2. The van der Waals surface area contributed by atoms with Gasteiger partial charge in [-0.3, -0.25) is 9.59 Å². The number of hydrogen-bond acceptors (Lipinski definition) is 4. The molecule has 3 aliphatic rings. The first-order valence-electron chi connectivity index (χ1n) is 8.10. The third kappa shape index (κ3) is 2.92. The minimum atomic E-state index is -0.477. The number of carbonyl (C=O) groups is 2. The molecule has 2 heterocycles. The van der Waals surface area contributed by atoms with Crippen LogP contribution in [0.2, 0.25) is 0 Å². The van der Waals surface area contributed by atoms with Crippen LogP contribution in [0, 0.1) is 0 Å². The fourth-order valence-corrected chi connectivity index (χ4v) is 3.31. The number of rotatable bonds is 4. The van der Waals surface area contributed by atoms with Crippen molar-refractivity contribution in [1.29, 1.82) is 0 Å². The van der Waals surface area contributed by atoms with Gasteiger partial charge >= 0.3 is 0 Å². The van der Waals surface area contributed by atoms with Gasteiger partial charge in [0.25, 0.3) is 0 Å². The van der Waals surface area contributed by atoms with Gasteiger partial charge in [0.15, 0.2) is 0 Å². The highest BCUT2D eigenvalue weighted by atomic mass is 16.5. The van der Waals surface area contributed by atoms with Crippen LogP contribution in [0.25, 0.3) is 0 Å². The van der Waals surface area contributed by atoms with Crippen LogP contribution in [0.5, 0.6) is 0 Å². The molecule has 2 atom stereocenters. The largest absolute Gasteiger partial charge is 0.377 e. The first-order valence-corrected chi connectivity index (χ1v) is 8.10. The van der Waals surface area contributed by atoms with Crippen LogP contribution in [-0.2, 0) is 14.3 Å². The Morgan fingerprint density at radius 1 is 1.43 bits per heavy atom. The summed E-state index contributed by atoms with van der Waals surface area (Å²) in [5.74, 6) is 0.0107. The summed E-state index contributed by atoms with van der Waals surface area (Å²) in [7, 11) is 0. The second-order valence-electron chi connectivity index (χ2n) is 6.34. The zero-order valence-electron chi connectivity index (χ0n) is 12.7. The van der Waals surface area contributed by atoms with E-state index in [4.69, 9.17) is 4.74 Å². The number of ether oxygens (including phenoxy) is 1. The summed E-state index contributed by atoms with van der Waals surface area (Å²) < 4.78 is 5.44. The standard InChI is InChI=1S/C15H25N3O3/c1-2-15(6-3-7-16-15)14(20)18-8-9-21-10-12(18)13(19)17-11-4-5-11/h11-12,16H,2-10H2,1H3,(H,17,19). The molecule has 2 unspecified atom stereocenters. The molecule has 2 amide bonds. The van der Waals surface area contributed by atoms with Crippen molar-refractivity contribution in [2.45, 2.75) is 56.7 Å². The van der Waals surface area contributed by atoms with Crippen LogP contribution in [-0.4, -0.2) is 60.6 Å². The maximum Gasteiger partial charge on any atom is 0.245 e. The predicted molar refractivity (Wildman–Crippen MR) is 77.7 cm³/mol. The zero-order chi connectivity index (χ0) is 14.9. The van der Waals surface area contributed by atoms with Crippen molar-refractivity contribution >= 4 is 11.8 Å². The second kappa shape index (κ2) is 5.93. The number of morpholine rings is 1. The van der Waals surface area contributed by atoms with Crippen molar-refractivity contribution in [2.24, 2.45) is 0 Å². The minimum absolute atomic E-state index is 0.0604. The lowest BCUT2D eigenvalue weighted by atomic mass is 9.91. The van der Waals surface area contributed by atoms with E-state index >= 15 is 0 Å². The van der Waals surface area contributed by atoms with Gasteiger partial charge in [0.05, 0.1) is 18.8 Å². The Hall–Kier alpha value is -1.14. The van der Waals surface area contributed by atoms with Crippen LogP contribution < -0.4 is 10.6 Å². The van der Waals surface area contributed by atoms with E-state index in [1.807, 2.05) is 6.92 Å². The van der Waals surface area contributed by atoms with Gasteiger partial charge in [-0.05, 0) is 38.6 Å². The summed E-state index contributed by atoms with van der Waals surface area (Å²) in [4.78, 5) is 27.1. The Kier molecular flexibility index (Phi) is 4.17. The van der Waals surface area contributed by atoms with E-state index in [1.54, 1.807) is 4.90 Å². The molecule has 3 rings (SSSR count). The van der Waals surface area contributed by atoms with Crippen molar-refractivity contribution in [1.82, 2.24) is 15.5 Å². The monoisotopic (exact) mass is 295 g/mol. The summed E-state index contributed by atoms with van der Waals surface area (Å²) in [5, 5.41) is 6.36. The summed E-state index contributed by atoms with van der Waals surface area (Å²) in [6.45, 7) is 4.24. The van der Waals surface area contributed by atoms with Gasteiger partial charge < -0.3 is 20.3 Å². The molecule has 2 saturated heterocycles. The Morgan fingerprint density at radius 3 is 2.86 bits per heavy atom. The topological polar surface area (TPSA) is 70.7 Å². The first-order chi connectivity index (χ1) is 10.2. The van der Waals surface area contributed by atoms with Crippen molar-refractivity contribution < 1.29 is 14.3 Å². The Labute approximate surface area is 125 Å². The van der Waals surface area contributed by atoms with Gasteiger partial charge in [-0.25, -0.2) is 0 Å². The molecule has 1 aliphatic carbocycles. The zero-order valence-corrected chi connectivity index (χ0v) is 12.7. The number of hydrogen-bond donors (Lipinski definition) is 2. The molecule has 6 nitrogen and oxygen atoms in total. The first kappa shape index (κ1) is 14.8. The molecule has 2 N–H and O–H groups in total. The molecule has 3 fully saturated rings. The SMILES string of the molecule is CCC1(C(=O)N2CCOCC2C(=O)NC2CC2)CCCN1. The average molecular weight is 295 g/mol. The normalized spacial score (nSPS) is 33.0. The maximum atomic E-state index is 13.0. The molecule has 21 heavy (non-hydrogen) atoms. The molecular formula is C15H25N3O3. The lowest BCUT2D eigenvalue weighted by molar-refractivity contribution is -0.153. The average Bonchev–Trinajstić information content (AvgIpc) is 3.19. The summed E-state index contributed by atoms with van der Waals surface area (Å²) >= 11 is 0. The molecule has 118 valence electrons. The molecule has 2 aliphatic heterocycles. The van der Waals surface area contributed by atoms with Gasteiger partial charge in [0.2, 0.25) is 11.8 Å². The summed E-state index contributed by atoms with van der Waals surface area (Å²) in [5.41, 5.74) is -0.477. The molecule has 0 aromatic heterocycles. The Bertz CT molecular complexity index is 416. The van der Waals surface area contributed by atoms with E-state index < -0.39 is 11.6 Å². The molecule has 6 heteroatoms. The molecule has 0 bridgehead atoms. The molecule has 0 aromatic rings. The number of nitrogens with one attached hydrogen (secondary N) is 2. The third-order valence-corrected chi connectivity index (χ3v) is 4.87. The van der Waals surface area contributed by atoms with Crippen LogP contribution >= 0.6 is 0 Å². The number of amides is 2. The Balaban J connectivity index is 1.73.